The Kier molecular flexibility index (Phi) is 5.32. The summed E-state index contributed by atoms with van der Waals surface area (Å²) in [5.41, 5.74) is 1.61. The number of likely N-dealkylation sites (tertiary alicyclic amines) is 1. The molecule has 0 unspecified atom stereocenters. The normalized spacial score (nSPS) is 16.8. The van der Waals surface area contributed by atoms with E-state index in [0.29, 0.717) is 30.4 Å². The Bertz CT molecular complexity index is 928. The fraction of sp³-hybridized carbons (Fsp3) is 0.286. The van der Waals surface area contributed by atoms with Crippen LogP contribution in [-0.2, 0) is 11.3 Å². The smallest absolute Gasteiger partial charge is 0.410 e. The maximum Gasteiger partial charge on any atom is 0.410 e. The molecule has 7 heteroatoms. The maximum atomic E-state index is 13.1. The molecule has 3 aromatic rings. The number of benzene rings is 2. The molecule has 2 aromatic carbocycles. The fourth-order valence-corrected chi connectivity index (χ4v) is 3.26. The lowest BCUT2D eigenvalue weighted by Gasteiger charge is -2.30. The second-order valence-electron chi connectivity index (χ2n) is 6.78. The summed E-state index contributed by atoms with van der Waals surface area (Å²) in [4.78, 5) is 14.1. The Morgan fingerprint density at radius 3 is 2.71 bits per heavy atom. The monoisotopic (exact) mass is 381 g/mol. The van der Waals surface area contributed by atoms with Crippen molar-refractivity contribution in [2.75, 3.05) is 13.1 Å². The molecule has 1 aliphatic heterocycles. The van der Waals surface area contributed by atoms with Gasteiger partial charge >= 0.3 is 6.09 Å². The number of nitrogens with zero attached hydrogens (tertiary/aromatic N) is 3. The Hall–Kier alpha value is -3.22. The molecule has 1 amide bonds. The van der Waals surface area contributed by atoms with E-state index in [4.69, 9.17) is 9.15 Å². The summed E-state index contributed by atoms with van der Waals surface area (Å²) in [6, 6.07) is 15.5. The van der Waals surface area contributed by atoms with Gasteiger partial charge in [0.1, 0.15) is 12.4 Å². The fourth-order valence-electron chi connectivity index (χ4n) is 3.26. The summed E-state index contributed by atoms with van der Waals surface area (Å²) in [6.45, 7) is 1.36. The van der Waals surface area contributed by atoms with E-state index in [2.05, 4.69) is 10.2 Å². The Balaban J connectivity index is 1.38. The highest BCUT2D eigenvalue weighted by Gasteiger charge is 2.29. The molecule has 0 saturated carbocycles. The van der Waals surface area contributed by atoms with Crippen LogP contribution in [0.15, 0.2) is 59.0 Å². The number of aromatic nitrogens is 2. The summed E-state index contributed by atoms with van der Waals surface area (Å²) in [5, 5.41) is 8.20. The van der Waals surface area contributed by atoms with Crippen molar-refractivity contribution in [1.82, 2.24) is 15.1 Å². The molecule has 1 aromatic heterocycles. The predicted molar refractivity (Wildman–Crippen MR) is 99.9 cm³/mol. The van der Waals surface area contributed by atoms with Crippen molar-refractivity contribution in [1.29, 1.82) is 0 Å². The highest BCUT2D eigenvalue weighted by atomic mass is 19.1. The lowest BCUT2D eigenvalue weighted by Crippen LogP contribution is -2.39. The first-order valence-corrected chi connectivity index (χ1v) is 9.24. The molecule has 1 aliphatic rings. The number of hydrogen-bond acceptors (Lipinski definition) is 5. The topological polar surface area (TPSA) is 68.5 Å². The van der Waals surface area contributed by atoms with Gasteiger partial charge in [-0.25, -0.2) is 9.18 Å². The van der Waals surface area contributed by atoms with Crippen LogP contribution in [0.2, 0.25) is 0 Å². The van der Waals surface area contributed by atoms with E-state index in [-0.39, 0.29) is 24.4 Å². The predicted octanol–water partition coefficient (Wildman–Crippen LogP) is 4.39. The van der Waals surface area contributed by atoms with Crippen molar-refractivity contribution in [3.8, 4) is 11.5 Å². The number of hydrogen-bond donors (Lipinski definition) is 0. The van der Waals surface area contributed by atoms with Crippen LogP contribution in [0.1, 0.15) is 30.2 Å². The molecule has 1 saturated heterocycles. The lowest BCUT2D eigenvalue weighted by molar-refractivity contribution is 0.0840. The first kappa shape index (κ1) is 18.2. The molecular formula is C21H20FN3O3. The maximum absolute atomic E-state index is 13.1. The minimum absolute atomic E-state index is 0.0419. The van der Waals surface area contributed by atoms with Crippen LogP contribution in [-0.4, -0.2) is 34.3 Å². The largest absolute Gasteiger partial charge is 0.445 e. The zero-order valence-corrected chi connectivity index (χ0v) is 15.3. The van der Waals surface area contributed by atoms with E-state index in [1.165, 1.54) is 12.1 Å². The van der Waals surface area contributed by atoms with E-state index in [1.54, 1.807) is 17.0 Å². The SMILES string of the molecule is O=C(OCc1ccccc1)N1CCC[C@@H](c2nnc(-c3ccc(F)cc3)o2)C1. The van der Waals surface area contributed by atoms with Crippen LogP contribution in [0.5, 0.6) is 0 Å². The van der Waals surface area contributed by atoms with E-state index >= 15 is 0 Å². The van der Waals surface area contributed by atoms with E-state index in [1.807, 2.05) is 30.3 Å². The minimum Gasteiger partial charge on any atom is -0.445 e. The molecule has 0 bridgehead atoms. The molecule has 0 spiro atoms. The molecule has 6 nitrogen and oxygen atoms in total. The Morgan fingerprint density at radius 2 is 1.93 bits per heavy atom. The van der Waals surface area contributed by atoms with Gasteiger partial charge in [-0.1, -0.05) is 30.3 Å². The summed E-state index contributed by atoms with van der Waals surface area (Å²) in [7, 11) is 0. The Morgan fingerprint density at radius 1 is 1.14 bits per heavy atom. The van der Waals surface area contributed by atoms with Crippen LogP contribution >= 0.6 is 0 Å². The summed E-state index contributed by atoms with van der Waals surface area (Å²) >= 11 is 0. The van der Waals surface area contributed by atoms with Gasteiger partial charge in [-0.2, -0.15) is 0 Å². The van der Waals surface area contributed by atoms with Gasteiger partial charge in [0.15, 0.2) is 0 Å². The molecule has 1 fully saturated rings. The quantitative estimate of drug-likeness (QED) is 0.670. The van der Waals surface area contributed by atoms with Gasteiger partial charge in [0.25, 0.3) is 0 Å². The number of halogens is 1. The van der Waals surface area contributed by atoms with Gasteiger partial charge in [0.2, 0.25) is 11.8 Å². The van der Waals surface area contributed by atoms with Crippen molar-refractivity contribution in [3.63, 3.8) is 0 Å². The van der Waals surface area contributed by atoms with Crippen molar-refractivity contribution >= 4 is 6.09 Å². The van der Waals surface area contributed by atoms with Crippen molar-refractivity contribution in [2.24, 2.45) is 0 Å². The van der Waals surface area contributed by atoms with Crippen LogP contribution in [0.25, 0.3) is 11.5 Å². The van der Waals surface area contributed by atoms with E-state index in [0.717, 1.165) is 18.4 Å². The number of carbonyl (C=O) groups is 1. The highest BCUT2D eigenvalue weighted by Crippen LogP contribution is 2.29. The average Bonchev–Trinajstić information content (AvgIpc) is 3.24. The molecule has 1 atom stereocenters. The highest BCUT2D eigenvalue weighted by molar-refractivity contribution is 5.67. The third-order valence-corrected chi connectivity index (χ3v) is 4.77. The van der Waals surface area contributed by atoms with Crippen LogP contribution in [0.4, 0.5) is 9.18 Å². The number of amides is 1. The average molecular weight is 381 g/mol. The molecule has 28 heavy (non-hydrogen) atoms. The van der Waals surface area contributed by atoms with E-state index in [9.17, 15) is 9.18 Å². The molecule has 2 heterocycles. The van der Waals surface area contributed by atoms with Gasteiger partial charge in [-0.3, -0.25) is 0 Å². The number of carbonyl (C=O) groups excluding carboxylic acids is 1. The third-order valence-electron chi connectivity index (χ3n) is 4.77. The van der Waals surface area contributed by atoms with Crippen molar-refractivity contribution < 1.29 is 18.3 Å². The third kappa shape index (κ3) is 4.19. The van der Waals surface area contributed by atoms with Gasteiger partial charge in [-0.05, 0) is 42.7 Å². The summed E-state index contributed by atoms with van der Waals surface area (Å²) in [5.74, 6) is 0.471. The zero-order chi connectivity index (χ0) is 19.3. The van der Waals surface area contributed by atoms with Gasteiger partial charge in [0.05, 0.1) is 5.92 Å². The summed E-state index contributed by atoms with van der Waals surface area (Å²) < 4.78 is 24.3. The molecule has 4 rings (SSSR count). The van der Waals surface area contributed by atoms with Crippen LogP contribution in [0.3, 0.4) is 0 Å². The molecule has 0 N–H and O–H groups in total. The first-order chi connectivity index (χ1) is 13.7. The van der Waals surface area contributed by atoms with E-state index < -0.39 is 0 Å². The van der Waals surface area contributed by atoms with Gasteiger partial charge < -0.3 is 14.1 Å². The number of rotatable bonds is 4. The minimum atomic E-state index is -0.341. The Labute approximate surface area is 161 Å². The lowest BCUT2D eigenvalue weighted by atomic mass is 9.98. The first-order valence-electron chi connectivity index (χ1n) is 9.24. The number of ether oxygens (including phenoxy) is 1. The van der Waals surface area contributed by atoms with Gasteiger partial charge in [0, 0.05) is 18.7 Å². The molecule has 144 valence electrons. The standard InChI is InChI=1S/C21H20FN3O3/c22-18-10-8-16(9-11-18)19-23-24-20(28-19)17-7-4-12-25(13-17)21(26)27-14-15-5-2-1-3-6-15/h1-3,5-6,8-11,17H,4,7,12-14H2/t17-/m1/s1. The van der Waals surface area contributed by atoms with Crippen molar-refractivity contribution in [2.45, 2.75) is 25.4 Å². The van der Waals surface area contributed by atoms with Gasteiger partial charge in [-0.15, -0.1) is 10.2 Å². The summed E-state index contributed by atoms with van der Waals surface area (Å²) in [6.07, 6.45) is 1.35. The molecule has 0 aliphatic carbocycles. The molecule has 0 radical (unpaired) electrons. The number of piperidine rings is 1. The second-order valence-corrected chi connectivity index (χ2v) is 6.78. The van der Waals surface area contributed by atoms with Crippen molar-refractivity contribution in [3.05, 3.63) is 71.9 Å². The second kappa shape index (κ2) is 8.21. The zero-order valence-electron chi connectivity index (χ0n) is 15.3. The van der Waals surface area contributed by atoms with Crippen LogP contribution < -0.4 is 0 Å². The van der Waals surface area contributed by atoms with Crippen LogP contribution in [0, 0.1) is 5.82 Å². The molecular weight excluding hydrogens is 361 g/mol.